The Hall–Kier alpha value is -3.53. The zero-order valence-corrected chi connectivity index (χ0v) is 22.1. The van der Waals surface area contributed by atoms with Gasteiger partial charge in [0.1, 0.15) is 11.0 Å². The molecule has 2 aromatic rings. The van der Waals surface area contributed by atoms with Crippen LogP contribution in [0.5, 0.6) is 0 Å². The topological polar surface area (TPSA) is 119 Å². The molecule has 1 aromatic heterocycles. The predicted octanol–water partition coefficient (Wildman–Crippen LogP) is 3.85. The lowest BCUT2D eigenvalue weighted by Crippen LogP contribution is -2.49. The highest BCUT2D eigenvalue weighted by Crippen LogP contribution is 2.40. The Morgan fingerprint density at radius 1 is 1.11 bits per heavy atom. The van der Waals surface area contributed by atoms with Gasteiger partial charge in [0.25, 0.3) is 17.7 Å². The molecule has 0 saturated heterocycles. The first-order valence-corrected chi connectivity index (χ1v) is 13.2. The van der Waals surface area contributed by atoms with Crippen molar-refractivity contribution in [1.82, 2.24) is 4.90 Å². The first kappa shape index (κ1) is 26.5. The van der Waals surface area contributed by atoms with Gasteiger partial charge in [-0.05, 0) is 55.7 Å². The van der Waals surface area contributed by atoms with E-state index in [0.29, 0.717) is 16.5 Å². The average Bonchev–Trinajstić information content (AvgIpc) is 3.32. The molecule has 0 unspecified atom stereocenters. The summed E-state index contributed by atoms with van der Waals surface area (Å²) in [5.74, 6) is -3.09. The quantitative estimate of drug-likeness (QED) is 0.410. The van der Waals surface area contributed by atoms with Crippen molar-refractivity contribution >= 4 is 46.0 Å². The number of hydrogen-bond donors (Lipinski definition) is 1. The van der Waals surface area contributed by atoms with E-state index in [9.17, 15) is 24.0 Å². The van der Waals surface area contributed by atoms with Crippen molar-refractivity contribution in [3.05, 3.63) is 51.4 Å². The van der Waals surface area contributed by atoms with Gasteiger partial charge in [0.05, 0.1) is 23.3 Å². The fourth-order valence-corrected chi connectivity index (χ4v) is 6.19. The van der Waals surface area contributed by atoms with E-state index in [1.165, 1.54) is 23.5 Å². The molecule has 3 amide bonds. The number of nitrogens with zero attached hydrogens (tertiary/aromatic N) is 1. The molecule has 10 heteroatoms. The third kappa shape index (κ3) is 5.16. The van der Waals surface area contributed by atoms with Crippen molar-refractivity contribution in [1.29, 1.82) is 0 Å². The van der Waals surface area contributed by atoms with Crippen molar-refractivity contribution in [2.45, 2.75) is 53.0 Å². The smallest absolute Gasteiger partial charge is 0.341 e. The Morgan fingerprint density at radius 2 is 1.76 bits per heavy atom. The number of amides is 3. The van der Waals surface area contributed by atoms with Crippen LogP contribution in [0.1, 0.15) is 75.6 Å². The van der Waals surface area contributed by atoms with E-state index in [-0.39, 0.29) is 17.7 Å². The second-order valence-electron chi connectivity index (χ2n) is 9.65. The summed E-state index contributed by atoms with van der Waals surface area (Å²) in [5, 5.41) is 3.08. The standard InChI is InChI=1S/C27H30N2O7S/c1-5-35-26(33)21-18-11-10-15(4)12-19(18)37-23(21)28-20(30)13-36-27(34)22(14(2)3)29-24(31)16-8-6-7-9-17(16)25(29)32/h6-9,14-15,22H,5,10-13H2,1-4H3,(H,28,30)/t15-,22-/m1/s1. The minimum absolute atomic E-state index is 0.208. The lowest BCUT2D eigenvalue weighted by molar-refractivity contribution is -0.152. The normalized spacial score (nSPS) is 17.3. The van der Waals surface area contributed by atoms with Crippen LogP contribution in [0.4, 0.5) is 5.00 Å². The largest absolute Gasteiger partial charge is 0.462 e. The van der Waals surface area contributed by atoms with Gasteiger partial charge >= 0.3 is 11.9 Å². The number of carbonyl (C=O) groups is 5. The molecule has 2 aliphatic rings. The van der Waals surface area contributed by atoms with Crippen LogP contribution in [-0.4, -0.2) is 53.8 Å². The maximum absolute atomic E-state index is 13.0. The number of thiophene rings is 1. The van der Waals surface area contributed by atoms with Crippen LogP contribution in [0.2, 0.25) is 0 Å². The van der Waals surface area contributed by atoms with Crippen LogP contribution in [-0.2, 0) is 31.9 Å². The number of esters is 2. The highest BCUT2D eigenvalue weighted by atomic mass is 32.1. The van der Waals surface area contributed by atoms with Gasteiger partial charge in [0.2, 0.25) is 0 Å². The monoisotopic (exact) mass is 526 g/mol. The predicted molar refractivity (Wildman–Crippen MR) is 137 cm³/mol. The summed E-state index contributed by atoms with van der Waals surface area (Å²) >= 11 is 1.34. The molecule has 9 nitrogen and oxygen atoms in total. The summed E-state index contributed by atoms with van der Waals surface area (Å²) in [7, 11) is 0. The summed E-state index contributed by atoms with van der Waals surface area (Å²) in [6.45, 7) is 6.82. The van der Waals surface area contributed by atoms with E-state index in [0.717, 1.165) is 34.6 Å². The zero-order chi connectivity index (χ0) is 26.9. The Balaban J connectivity index is 1.47. The third-order valence-corrected chi connectivity index (χ3v) is 7.74. The van der Waals surface area contributed by atoms with E-state index in [4.69, 9.17) is 9.47 Å². The van der Waals surface area contributed by atoms with Gasteiger partial charge in [-0.3, -0.25) is 19.3 Å². The van der Waals surface area contributed by atoms with Crippen LogP contribution in [0.3, 0.4) is 0 Å². The minimum Gasteiger partial charge on any atom is -0.462 e. The van der Waals surface area contributed by atoms with Crippen LogP contribution in [0.25, 0.3) is 0 Å². The molecule has 196 valence electrons. The molecule has 0 bridgehead atoms. The molecule has 1 aromatic carbocycles. The molecule has 4 rings (SSSR count). The summed E-state index contributed by atoms with van der Waals surface area (Å²) in [6.07, 6.45) is 2.48. The highest BCUT2D eigenvalue weighted by molar-refractivity contribution is 7.17. The van der Waals surface area contributed by atoms with Gasteiger partial charge in [-0.1, -0.05) is 32.9 Å². The second kappa shape index (κ2) is 10.8. The summed E-state index contributed by atoms with van der Waals surface area (Å²) in [6, 6.07) is 5.18. The van der Waals surface area contributed by atoms with Crippen molar-refractivity contribution in [2.24, 2.45) is 11.8 Å². The molecule has 2 heterocycles. The number of anilines is 1. The van der Waals surface area contributed by atoms with Gasteiger partial charge < -0.3 is 14.8 Å². The molecule has 1 aliphatic heterocycles. The number of rotatable bonds is 8. The number of ether oxygens (including phenoxy) is 2. The van der Waals surface area contributed by atoms with Crippen LogP contribution < -0.4 is 5.32 Å². The number of benzene rings is 1. The third-order valence-electron chi connectivity index (χ3n) is 6.57. The highest BCUT2D eigenvalue weighted by Gasteiger charge is 2.44. The zero-order valence-electron chi connectivity index (χ0n) is 21.3. The minimum atomic E-state index is -1.19. The summed E-state index contributed by atoms with van der Waals surface area (Å²) in [4.78, 5) is 66.2. The summed E-state index contributed by atoms with van der Waals surface area (Å²) < 4.78 is 10.5. The second-order valence-corrected chi connectivity index (χ2v) is 10.8. The van der Waals surface area contributed by atoms with Gasteiger partial charge in [0.15, 0.2) is 6.61 Å². The van der Waals surface area contributed by atoms with Crippen LogP contribution in [0.15, 0.2) is 24.3 Å². The summed E-state index contributed by atoms with van der Waals surface area (Å²) in [5.41, 5.74) is 1.72. The van der Waals surface area contributed by atoms with Crippen LogP contribution >= 0.6 is 11.3 Å². The fourth-order valence-electron chi connectivity index (χ4n) is 4.78. The Bertz CT molecular complexity index is 1230. The van der Waals surface area contributed by atoms with Crippen molar-refractivity contribution in [2.75, 3.05) is 18.5 Å². The Labute approximate surface area is 219 Å². The fraction of sp³-hybridized carbons (Fsp3) is 0.444. The van der Waals surface area contributed by atoms with E-state index in [2.05, 4.69) is 12.2 Å². The molecule has 0 radical (unpaired) electrons. The molecule has 2 atom stereocenters. The number of imide groups is 1. The Morgan fingerprint density at radius 3 is 2.35 bits per heavy atom. The van der Waals surface area contributed by atoms with E-state index < -0.39 is 48.2 Å². The van der Waals surface area contributed by atoms with Crippen molar-refractivity contribution < 1.29 is 33.4 Å². The van der Waals surface area contributed by atoms with Gasteiger partial charge in [-0.2, -0.15) is 0 Å². The van der Waals surface area contributed by atoms with E-state index >= 15 is 0 Å². The maximum atomic E-state index is 13.0. The van der Waals surface area contributed by atoms with Gasteiger partial charge in [-0.15, -0.1) is 11.3 Å². The maximum Gasteiger partial charge on any atom is 0.341 e. The number of nitrogens with one attached hydrogen (secondary N) is 1. The van der Waals surface area contributed by atoms with Crippen molar-refractivity contribution in [3.8, 4) is 0 Å². The van der Waals surface area contributed by atoms with E-state index in [1.54, 1.807) is 32.9 Å². The number of fused-ring (bicyclic) bond motifs is 2. The Kier molecular flexibility index (Phi) is 7.77. The van der Waals surface area contributed by atoms with E-state index in [1.807, 2.05) is 0 Å². The molecular formula is C27H30N2O7S. The molecule has 0 fully saturated rings. The molecule has 1 N–H and O–H groups in total. The molecular weight excluding hydrogens is 496 g/mol. The average molecular weight is 527 g/mol. The van der Waals surface area contributed by atoms with Gasteiger partial charge in [-0.25, -0.2) is 9.59 Å². The number of carbonyl (C=O) groups excluding carboxylic acids is 5. The van der Waals surface area contributed by atoms with Gasteiger partial charge in [0, 0.05) is 4.88 Å². The number of hydrogen-bond acceptors (Lipinski definition) is 8. The first-order chi connectivity index (χ1) is 17.6. The SMILES string of the molecule is CCOC(=O)c1c(NC(=O)COC(=O)[C@@H](C(C)C)N2C(=O)c3ccccc3C2=O)sc2c1CC[C@@H](C)C2. The molecule has 1 aliphatic carbocycles. The lowest BCUT2D eigenvalue weighted by atomic mass is 9.88. The molecule has 0 saturated carbocycles. The molecule has 0 spiro atoms. The molecule has 37 heavy (non-hydrogen) atoms. The lowest BCUT2D eigenvalue weighted by Gasteiger charge is -2.27. The van der Waals surface area contributed by atoms with Crippen molar-refractivity contribution in [3.63, 3.8) is 0 Å². The van der Waals surface area contributed by atoms with Crippen LogP contribution in [0, 0.1) is 11.8 Å². The first-order valence-electron chi connectivity index (χ1n) is 12.4.